The molecule has 1 heterocycles. The van der Waals surface area contributed by atoms with E-state index in [0.717, 1.165) is 11.8 Å². The Morgan fingerprint density at radius 2 is 2.00 bits per heavy atom. The van der Waals surface area contributed by atoms with Crippen LogP contribution in [0.4, 0.5) is 0 Å². The average molecular weight is 266 g/mol. The van der Waals surface area contributed by atoms with Crippen LogP contribution in [0.15, 0.2) is 0 Å². The molecule has 3 unspecified atom stereocenters. The summed E-state index contributed by atoms with van der Waals surface area (Å²) in [5.41, 5.74) is 0.387. The molecule has 19 heavy (non-hydrogen) atoms. The summed E-state index contributed by atoms with van der Waals surface area (Å²) in [6.45, 7) is 14.5. The summed E-state index contributed by atoms with van der Waals surface area (Å²) in [6.07, 6.45) is 7.34. The van der Waals surface area contributed by atoms with Gasteiger partial charge in [0, 0.05) is 25.7 Å². The zero-order chi connectivity index (χ0) is 13.9. The van der Waals surface area contributed by atoms with Gasteiger partial charge in [0.25, 0.3) is 0 Å². The third-order valence-electron chi connectivity index (χ3n) is 5.20. The summed E-state index contributed by atoms with van der Waals surface area (Å²) >= 11 is 0. The predicted molar refractivity (Wildman–Crippen MR) is 83.4 cm³/mol. The molecule has 2 aliphatic rings. The number of hydrogen-bond acceptors (Lipinski definition) is 2. The highest BCUT2D eigenvalue weighted by Gasteiger charge is 2.29. The average Bonchev–Trinajstić information content (AvgIpc) is 2.36. The molecule has 2 rings (SSSR count). The number of piperazine rings is 1. The Hall–Kier alpha value is -0.0800. The molecule has 1 saturated carbocycles. The Kier molecular flexibility index (Phi) is 5.30. The lowest BCUT2D eigenvalue weighted by molar-refractivity contribution is 0.123. The highest BCUT2D eigenvalue weighted by molar-refractivity contribution is 4.87. The highest BCUT2D eigenvalue weighted by Crippen LogP contribution is 2.31. The first kappa shape index (κ1) is 15.3. The van der Waals surface area contributed by atoms with E-state index in [4.69, 9.17) is 0 Å². The molecule has 0 spiro atoms. The van der Waals surface area contributed by atoms with Crippen molar-refractivity contribution in [1.82, 2.24) is 10.2 Å². The SMILES string of the molecule is CC1CCCC(CCN2CCNC(C(C)(C)C)C2)C1. The first-order valence-corrected chi connectivity index (χ1v) is 8.41. The summed E-state index contributed by atoms with van der Waals surface area (Å²) in [6, 6.07) is 0.659. The van der Waals surface area contributed by atoms with Crippen LogP contribution in [-0.2, 0) is 0 Å². The van der Waals surface area contributed by atoms with Crippen LogP contribution in [-0.4, -0.2) is 37.1 Å². The predicted octanol–water partition coefficient (Wildman–Crippen LogP) is 3.52. The van der Waals surface area contributed by atoms with E-state index >= 15 is 0 Å². The van der Waals surface area contributed by atoms with Crippen LogP contribution in [0.2, 0.25) is 0 Å². The lowest BCUT2D eigenvalue weighted by Gasteiger charge is -2.41. The normalized spacial score (nSPS) is 34.4. The maximum Gasteiger partial charge on any atom is 0.0244 e. The largest absolute Gasteiger partial charge is 0.311 e. The zero-order valence-electron chi connectivity index (χ0n) is 13.5. The molecule has 0 radical (unpaired) electrons. The molecule has 1 aliphatic heterocycles. The maximum absolute atomic E-state index is 3.69. The molecule has 1 N–H and O–H groups in total. The fourth-order valence-electron chi connectivity index (χ4n) is 3.78. The minimum atomic E-state index is 0.387. The zero-order valence-corrected chi connectivity index (χ0v) is 13.5. The summed E-state index contributed by atoms with van der Waals surface area (Å²) in [7, 11) is 0. The van der Waals surface area contributed by atoms with E-state index in [-0.39, 0.29) is 0 Å². The van der Waals surface area contributed by atoms with Gasteiger partial charge >= 0.3 is 0 Å². The fraction of sp³-hybridized carbons (Fsp3) is 1.00. The highest BCUT2D eigenvalue weighted by atomic mass is 15.2. The Balaban J connectivity index is 1.73. The molecular weight excluding hydrogens is 232 g/mol. The van der Waals surface area contributed by atoms with E-state index in [1.165, 1.54) is 58.3 Å². The lowest BCUT2D eigenvalue weighted by atomic mass is 9.80. The standard InChI is InChI=1S/C17H34N2/c1-14-6-5-7-15(12-14)8-10-19-11-9-18-16(13-19)17(2,3)4/h14-16,18H,5-13H2,1-4H3. The molecule has 0 bridgehead atoms. The van der Waals surface area contributed by atoms with Crippen molar-refractivity contribution in [3.05, 3.63) is 0 Å². The summed E-state index contributed by atoms with van der Waals surface area (Å²) < 4.78 is 0. The molecular formula is C17H34N2. The van der Waals surface area contributed by atoms with Crippen LogP contribution >= 0.6 is 0 Å². The fourth-order valence-corrected chi connectivity index (χ4v) is 3.78. The van der Waals surface area contributed by atoms with Gasteiger partial charge in [0.15, 0.2) is 0 Å². The molecule has 2 nitrogen and oxygen atoms in total. The molecule has 1 aliphatic carbocycles. The monoisotopic (exact) mass is 266 g/mol. The Labute approximate surface area is 120 Å². The first-order valence-electron chi connectivity index (χ1n) is 8.41. The van der Waals surface area contributed by atoms with Crippen LogP contribution < -0.4 is 5.32 Å². The van der Waals surface area contributed by atoms with Gasteiger partial charge < -0.3 is 10.2 Å². The second-order valence-electron chi connectivity index (χ2n) is 8.10. The molecule has 0 aromatic rings. The minimum Gasteiger partial charge on any atom is -0.311 e. The van der Waals surface area contributed by atoms with Crippen molar-refractivity contribution >= 4 is 0 Å². The molecule has 0 aromatic heterocycles. The van der Waals surface area contributed by atoms with Crippen molar-refractivity contribution in [2.24, 2.45) is 17.3 Å². The second kappa shape index (κ2) is 6.58. The van der Waals surface area contributed by atoms with Crippen LogP contribution in [0.1, 0.15) is 59.8 Å². The summed E-state index contributed by atoms with van der Waals surface area (Å²) in [4.78, 5) is 2.70. The molecule has 0 amide bonds. The summed E-state index contributed by atoms with van der Waals surface area (Å²) in [5.74, 6) is 1.98. The van der Waals surface area contributed by atoms with Gasteiger partial charge in [-0.25, -0.2) is 0 Å². The van der Waals surface area contributed by atoms with Gasteiger partial charge in [-0.3, -0.25) is 0 Å². The van der Waals surface area contributed by atoms with E-state index in [2.05, 4.69) is 37.9 Å². The van der Waals surface area contributed by atoms with Crippen molar-refractivity contribution in [2.45, 2.75) is 65.8 Å². The number of rotatable bonds is 3. The van der Waals surface area contributed by atoms with Gasteiger partial charge in [-0.15, -0.1) is 0 Å². The molecule has 112 valence electrons. The smallest absolute Gasteiger partial charge is 0.0244 e. The Bertz CT molecular complexity index is 269. The minimum absolute atomic E-state index is 0.387. The quantitative estimate of drug-likeness (QED) is 0.841. The van der Waals surface area contributed by atoms with E-state index in [0.29, 0.717) is 11.5 Å². The number of hydrogen-bond donors (Lipinski definition) is 1. The molecule has 2 fully saturated rings. The van der Waals surface area contributed by atoms with E-state index < -0.39 is 0 Å². The van der Waals surface area contributed by atoms with Crippen molar-refractivity contribution < 1.29 is 0 Å². The Morgan fingerprint density at radius 1 is 1.21 bits per heavy atom. The summed E-state index contributed by atoms with van der Waals surface area (Å²) in [5, 5.41) is 3.69. The van der Waals surface area contributed by atoms with Crippen molar-refractivity contribution in [2.75, 3.05) is 26.2 Å². The van der Waals surface area contributed by atoms with Crippen molar-refractivity contribution in [3.63, 3.8) is 0 Å². The molecule has 1 saturated heterocycles. The van der Waals surface area contributed by atoms with E-state index in [1.807, 2.05) is 0 Å². The van der Waals surface area contributed by atoms with Crippen LogP contribution in [0.5, 0.6) is 0 Å². The van der Waals surface area contributed by atoms with Gasteiger partial charge in [-0.05, 0) is 36.6 Å². The van der Waals surface area contributed by atoms with Crippen molar-refractivity contribution in [1.29, 1.82) is 0 Å². The molecule has 0 aromatic carbocycles. The third-order valence-corrected chi connectivity index (χ3v) is 5.20. The van der Waals surface area contributed by atoms with Gasteiger partial charge in [0.1, 0.15) is 0 Å². The van der Waals surface area contributed by atoms with Gasteiger partial charge in [-0.2, -0.15) is 0 Å². The maximum atomic E-state index is 3.69. The molecule has 3 atom stereocenters. The van der Waals surface area contributed by atoms with Crippen LogP contribution in [0.25, 0.3) is 0 Å². The van der Waals surface area contributed by atoms with Crippen LogP contribution in [0, 0.1) is 17.3 Å². The topological polar surface area (TPSA) is 15.3 Å². The van der Waals surface area contributed by atoms with Crippen molar-refractivity contribution in [3.8, 4) is 0 Å². The van der Waals surface area contributed by atoms with Gasteiger partial charge in [0.2, 0.25) is 0 Å². The third kappa shape index (κ3) is 4.75. The van der Waals surface area contributed by atoms with Gasteiger partial charge in [-0.1, -0.05) is 47.0 Å². The second-order valence-corrected chi connectivity index (χ2v) is 8.10. The van der Waals surface area contributed by atoms with Gasteiger partial charge in [0.05, 0.1) is 0 Å². The first-order chi connectivity index (χ1) is 8.95. The van der Waals surface area contributed by atoms with Crippen LogP contribution in [0.3, 0.4) is 0 Å². The number of nitrogens with zero attached hydrogens (tertiary/aromatic N) is 1. The van der Waals surface area contributed by atoms with E-state index in [1.54, 1.807) is 0 Å². The van der Waals surface area contributed by atoms with E-state index in [9.17, 15) is 0 Å². The molecule has 2 heteroatoms. The Morgan fingerprint density at radius 3 is 2.68 bits per heavy atom. The lowest BCUT2D eigenvalue weighted by Crippen LogP contribution is -2.56. The number of nitrogens with one attached hydrogen (secondary N) is 1.